The molecule has 94 valence electrons. The Morgan fingerprint density at radius 2 is 1.84 bits per heavy atom. The summed E-state index contributed by atoms with van der Waals surface area (Å²) in [6.07, 6.45) is 4.43. The van der Waals surface area contributed by atoms with E-state index in [1.807, 2.05) is 0 Å². The van der Waals surface area contributed by atoms with Crippen LogP contribution in [0.2, 0.25) is 0 Å². The zero-order chi connectivity index (χ0) is 12.7. The molecule has 0 amide bonds. The van der Waals surface area contributed by atoms with Gasteiger partial charge in [0.1, 0.15) is 0 Å². The van der Waals surface area contributed by atoms with Gasteiger partial charge in [-0.05, 0) is 36.1 Å². The first-order valence-corrected chi connectivity index (χ1v) is 6.89. The summed E-state index contributed by atoms with van der Waals surface area (Å²) in [5.74, 6) is 0.407. The first kappa shape index (κ1) is 10.8. The van der Waals surface area contributed by atoms with Crippen LogP contribution in [0.15, 0.2) is 53.5 Å². The number of nitrogens with zero attached hydrogens (tertiary/aromatic N) is 1. The fraction of sp³-hybridized carbons (Fsp3) is 0.235. The number of aliphatic imine (C=N–C) groups is 1. The minimum Gasteiger partial charge on any atom is -0.381 e. The Morgan fingerprint density at radius 1 is 1.00 bits per heavy atom. The van der Waals surface area contributed by atoms with E-state index >= 15 is 0 Å². The van der Waals surface area contributed by atoms with Crippen LogP contribution >= 0.6 is 0 Å². The van der Waals surface area contributed by atoms with Crippen LogP contribution in [0, 0.1) is 0 Å². The van der Waals surface area contributed by atoms with E-state index in [4.69, 9.17) is 0 Å². The van der Waals surface area contributed by atoms with E-state index in [-0.39, 0.29) is 0 Å². The smallest absolute Gasteiger partial charge is 0.0665 e. The van der Waals surface area contributed by atoms with E-state index in [1.165, 1.54) is 23.2 Å². The van der Waals surface area contributed by atoms with Crippen molar-refractivity contribution in [3.05, 3.63) is 59.7 Å². The molecular formula is C17H16N2. The second-order valence-electron chi connectivity index (χ2n) is 5.31. The lowest BCUT2D eigenvalue weighted by atomic mass is 9.86. The van der Waals surface area contributed by atoms with E-state index in [1.54, 1.807) is 0 Å². The summed E-state index contributed by atoms with van der Waals surface area (Å²) >= 11 is 0. The van der Waals surface area contributed by atoms with Gasteiger partial charge in [0.05, 0.1) is 5.69 Å². The predicted molar refractivity (Wildman–Crippen MR) is 79.5 cm³/mol. The number of hydrogen-bond acceptors (Lipinski definition) is 2. The quantitative estimate of drug-likeness (QED) is 0.813. The minimum atomic E-state index is 0.407. The lowest BCUT2D eigenvalue weighted by Crippen LogP contribution is -2.31. The molecule has 2 aromatic carbocycles. The molecule has 0 aliphatic carbocycles. The molecular weight excluding hydrogens is 232 g/mol. The fourth-order valence-electron chi connectivity index (χ4n) is 3.18. The Labute approximate surface area is 113 Å². The van der Waals surface area contributed by atoms with Gasteiger partial charge in [0.15, 0.2) is 0 Å². The van der Waals surface area contributed by atoms with E-state index in [9.17, 15) is 0 Å². The molecule has 0 fully saturated rings. The van der Waals surface area contributed by atoms with Gasteiger partial charge in [-0.25, -0.2) is 0 Å². The molecule has 0 aromatic heterocycles. The molecule has 4 rings (SSSR count). The van der Waals surface area contributed by atoms with Crippen LogP contribution in [0.3, 0.4) is 0 Å². The standard InChI is InChI=1S/C17H16N2/c1-3-7-15-12(5-1)9-10-17(19-15)14-11-18-16-8-4-2-6-13(14)16/h1-8,11,14,17,19H,9-10H2. The summed E-state index contributed by atoms with van der Waals surface area (Å²) in [4.78, 5) is 4.55. The number of benzene rings is 2. The van der Waals surface area contributed by atoms with Gasteiger partial charge >= 0.3 is 0 Å². The van der Waals surface area contributed by atoms with Gasteiger partial charge in [-0.3, -0.25) is 4.99 Å². The molecule has 2 nitrogen and oxygen atoms in total. The average Bonchev–Trinajstić information content (AvgIpc) is 2.91. The van der Waals surface area contributed by atoms with Crippen LogP contribution in [-0.4, -0.2) is 12.3 Å². The minimum absolute atomic E-state index is 0.407. The highest BCUT2D eigenvalue weighted by molar-refractivity contribution is 5.82. The van der Waals surface area contributed by atoms with Crippen molar-refractivity contribution in [2.45, 2.75) is 24.8 Å². The number of anilines is 1. The highest BCUT2D eigenvalue weighted by Gasteiger charge is 2.29. The summed E-state index contributed by atoms with van der Waals surface area (Å²) in [5.41, 5.74) is 5.21. The molecule has 2 atom stereocenters. The van der Waals surface area contributed by atoms with Crippen molar-refractivity contribution in [2.75, 3.05) is 5.32 Å². The second kappa shape index (κ2) is 4.23. The Hall–Kier alpha value is -2.09. The van der Waals surface area contributed by atoms with Crippen LogP contribution in [-0.2, 0) is 6.42 Å². The van der Waals surface area contributed by atoms with Crippen LogP contribution in [0.25, 0.3) is 0 Å². The molecule has 2 unspecified atom stereocenters. The van der Waals surface area contributed by atoms with Crippen molar-refractivity contribution >= 4 is 17.6 Å². The third kappa shape index (κ3) is 1.75. The van der Waals surface area contributed by atoms with Gasteiger partial charge in [-0.15, -0.1) is 0 Å². The number of fused-ring (bicyclic) bond motifs is 2. The molecule has 2 aromatic rings. The summed E-state index contributed by atoms with van der Waals surface area (Å²) in [5, 5.41) is 3.69. The Morgan fingerprint density at radius 3 is 2.84 bits per heavy atom. The van der Waals surface area contributed by atoms with Crippen molar-refractivity contribution < 1.29 is 0 Å². The van der Waals surface area contributed by atoms with Crippen LogP contribution in [0.4, 0.5) is 11.4 Å². The van der Waals surface area contributed by atoms with Crippen molar-refractivity contribution in [3.63, 3.8) is 0 Å². The first-order chi connectivity index (χ1) is 9.42. The maximum atomic E-state index is 4.55. The third-order valence-electron chi connectivity index (χ3n) is 4.19. The molecule has 0 spiro atoms. The molecule has 19 heavy (non-hydrogen) atoms. The van der Waals surface area contributed by atoms with E-state index in [0.29, 0.717) is 12.0 Å². The normalized spacial score (nSPS) is 23.6. The molecule has 2 aliphatic heterocycles. The average molecular weight is 248 g/mol. The van der Waals surface area contributed by atoms with Gasteiger partial charge in [0, 0.05) is 23.9 Å². The number of nitrogens with one attached hydrogen (secondary N) is 1. The lowest BCUT2D eigenvalue weighted by molar-refractivity contribution is 0.608. The van der Waals surface area contributed by atoms with Crippen molar-refractivity contribution in [1.82, 2.24) is 0 Å². The topological polar surface area (TPSA) is 24.4 Å². The Bertz CT molecular complexity index is 645. The highest BCUT2D eigenvalue weighted by Crippen LogP contribution is 2.38. The molecule has 2 aliphatic rings. The number of para-hydroxylation sites is 2. The SMILES string of the molecule is C1=Nc2ccccc2C1C1CCc2ccccc2N1. The number of rotatable bonds is 1. The molecule has 2 heterocycles. The summed E-state index contributed by atoms with van der Waals surface area (Å²) < 4.78 is 0. The number of hydrogen-bond donors (Lipinski definition) is 1. The van der Waals surface area contributed by atoms with E-state index < -0.39 is 0 Å². The predicted octanol–water partition coefficient (Wildman–Crippen LogP) is 3.91. The fourth-order valence-corrected chi connectivity index (χ4v) is 3.18. The summed E-state index contributed by atoms with van der Waals surface area (Å²) in [6, 6.07) is 17.5. The van der Waals surface area contributed by atoms with Crippen LogP contribution in [0.1, 0.15) is 23.5 Å². The lowest BCUT2D eigenvalue weighted by Gasteiger charge is -2.30. The monoisotopic (exact) mass is 248 g/mol. The third-order valence-corrected chi connectivity index (χ3v) is 4.19. The summed E-state index contributed by atoms with van der Waals surface area (Å²) in [7, 11) is 0. The molecule has 2 heteroatoms. The van der Waals surface area contributed by atoms with Crippen molar-refractivity contribution in [2.24, 2.45) is 4.99 Å². The first-order valence-electron chi connectivity index (χ1n) is 6.89. The zero-order valence-corrected chi connectivity index (χ0v) is 10.7. The van der Waals surface area contributed by atoms with Crippen molar-refractivity contribution in [3.8, 4) is 0 Å². The molecule has 0 bridgehead atoms. The number of aryl methyl sites for hydroxylation is 1. The van der Waals surface area contributed by atoms with Gasteiger partial charge in [0.2, 0.25) is 0 Å². The van der Waals surface area contributed by atoms with Crippen LogP contribution < -0.4 is 5.32 Å². The van der Waals surface area contributed by atoms with Gasteiger partial charge in [-0.2, -0.15) is 0 Å². The highest BCUT2D eigenvalue weighted by atomic mass is 15.0. The van der Waals surface area contributed by atoms with Gasteiger partial charge in [0.25, 0.3) is 0 Å². The maximum Gasteiger partial charge on any atom is 0.0665 e. The van der Waals surface area contributed by atoms with E-state index in [0.717, 1.165) is 12.1 Å². The maximum absolute atomic E-state index is 4.55. The largest absolute Gasteiger partial charge is 0.381 e. The molecule has 0 radical (unpaired) electrons. The molecule has 0 saturated carbocycles. The van der Waals surface area contributed by atoms with E-state index in [2.05, 4.69) is 65.1 Å². The Kier molecular flexibility index (Phi) is 2.41. The molecule has 1 N–H and O–H groups in total. The van der Waals surface area contributed by atoms with Gasteiger partial charge in [-0.1, -0.05) is 36.4 Å². The summed E-state index contributed by atoms with van der Waals surface area (Å²) in [6.45, 7) is 0. The Balaban J connectivity index is 1.65. The second-order valence-corrected chi connectivity index (χ2v) is 5.31. The van der Waals surface area contributed by atoms with Crippen LogP contribution in [0.5, 0.6) is 0 Å². The van der Waals surface area contributed by atoms with Gasteiger partial charge < -0.3 is 5.32 Å². The van der Waals surface area contributed by atoms with Crippen molar-refractivity contribution in [1.29, 1.82) is 0 Å². The molecule has 0 saturated heterocycles. The zero-order valence-electron chi connectivity index (χ0n) is 10.7.